The Morgan fingerprint density at radius 1 is 1.08 bits per heavy atom. The Morgan fingerprint density at radius 2 is 1.76 bits per heavy atom. The van der Waals surface area contributed by atoms with Gasteiger partial charge in [-0.1, -0.05) is 24.3 Å². The first-order valence-corrected chi connectivity index (χ1v) is 8.67. The van der Waals surface area contributed by atoms with Gasteiger partial charge in [0.25, 0.3) is 5.91 Å². The van der Waals surface area contributed by atoms with Crippen molar-refractivity contribution in [3.63, 3.8) is 0 Å². The Balaban J connectivity index is 1.96. The van der Waals surface area contributed by atoms with Crippen LogP contribution in [0.1, 0.15) is 43.5 Å². The van der Waals surface area contributed by atoms with Gasteiger partial charge in [0.05, 0.1) is 12.6 Å². The Bertz CT molecular complexity index is 710. The van der Waals surface area contributed by atoms with E-state index in [1.165, 1.54) is 0 Å². The van der Waals surface area contributed by atoms with Gasteiger partial charge in [-0.25, -0.2) is 0 Å². The summed E-state index contributed by atoms with van der Waals surface area (Å²) in [6.07, 6.45) is -0.564. The molecule has 0 bridgehead atoms. The number of aryl methyl sites for hydroxylation is 2. The number of rotatable bonds is 7. The second-order valence-electron chi connectivity index (χ2n) is 6.26. The van der Waals surface area contributed by atoms with Gasteiger partial charge in [0.2, 0.25) is 0 Å². The second-order valence-corrected chi connectivity index (χ2v) is 6.26. The summed E-state index contributed by atoms with van der Waals surface area (Å²) in [5, 5.41) is 3.00. The minimum Gasteiger partial charge on any atom is -0.494 e. The molecule has 2 aromatic rings. The third kappa shape index (κ3) is 5.24. The molecule has 2 unspecified atom stereocenters. The average molecular weight is 341 g/mol. The quantitative estimate of drug-likeness (QED) is 0.814. The van der Waals surface area contributed by atoms with Crippen LogP contribution < -0.4 is 14.8 Å². The molecule has 0 saturated carbocycles. The summed E-state index contributed by atoms with van der Waals surface area (Å²) in [6.45, 7) is 10.3. The fourth-order valence-electron chi connectivity index (χ4n) is 2.51. The molecule has 0 saturated heterocycles. The Kier molecular flexibility index (Phi) is 6.45. The lowest BCUT2D eigenvalue weighted by Crippen LogP contribution is -2.37. The molecule has 0 aliphatic rings. The van der Waals surface area contributed by atoms with Crippen molar-refractivity contribution in [1.29, 1.82) is 0 Å². The fourth-order valence-corrected chi connectivity index (χ4v) is 2.51. The van der Waals surface area contributed by atoms with Crippen LogP contribution in [-0.4, -0.2) is 18.6 Å². The van der Waals surface area contributed by atoms with Crippen LogP contribution in [0.25, 0.3) is 0 Å². The van der Waals surface area contributed by atoms with E-state index >= 15 is 0 Å². The highest BCUT2D eigenvalue weighted by Crippen LogP contribution is 2.21. The summed E-state index contributed by atoms with van der Waals surface area (Å²) in [5.41, 5.74) is 3.15. The Labute approximate surface area is 150 Å². The lowest BCUT2D eigenvalue weighted by atomic mass is 10.1. The van der Waals surface area contributed by atoms with Crippen LogP contribution in [-0.2, 0) is 4.79 Å². The molecule has 0 fully saturated rings. The van der Waals surface area contributed by atoms with Crippen molar-refractivity contribution in [2.45, 2.75) is 46.8 Å². The number of amides is 1. The van der Waals surface area contributed by atoms with E-state index in [-0.39, 0.29) is 11.9 Å². The lowest BCUT2D eigenvalue weighted by Gasteiger charge is -2.20. The molecule has 4 nitrogen and oxygen atoms in total. The number of carbonyl (C=O) groups excluding carboxylic acids is 1. The average Bonchev–Trinajstić information content (AvgIpc) is 2.59. The molecule has 0 aromatic heterocycles. The first-order chi connectivity index (χ1) is 11.9. The normalized spacial score (nSPS) is 13.0. The highest BCUT2D eigenvalue weighted by molar-refractivity contribution is 5.81. The number of carbonyl (C=O) groups is 1. The number of nitrogens with one attached hydrogen (secondary N) is 1. The van der Waals surface area contributed by atoms with E-state index in [2.05, 4.69) is 5.32 Å². The molecule has 1 amide bonds. The number of hydrogen-bond acceptors (Lipinski definition) is 3. The molecule has 0 aliphatic heterocycles. The number of ether oxygens (including phenoxy) is 2. The van der Waals surface area contributed by atoms with Gasteiger partial charge in [0.15, 0.2) is 6.10 Å². The second kappa shape index (κ2) is 8.56. The van der Waals surface area contributed by atoms with E-state index in [9.17, 15) is 4.79 Å². The maximum absolute atomic E-state index is 12.4. The van der Waals surface area contributed by atoms with Gasteiger partial charge in [0.1, 0.15) is 11.5 Å². The van der Waals surface area contributed by atoms with E-state index in [4.69, 9.17) is 9.47 Å². The number of hydrogen-bond donors (Lipinski definition) is 1. The van der Waals surface area contributed by atoms with Gasteiger partial charge >= 0.3 is 0 Å². The fraction of sp³-hybridized carbons (Fsp3) is 0.381. The van der Waals surface area contributed by atoms with Gasteiger partial charge < -0.3 is 14.8 Å². The van der Waals surface area contributed by atoms with Gasteiger partial charge in [-0.2, -0.15) is 0 Å². The first kappa shape index (κ1) is 18.8. The molecule has 134 valence electrons. The number of benzene rings is 2. The third-order valence-electron chi connectivity index (χ3n) is 4.07. The largest absolute Gasteiger partial charge is 0.494 e. The van der Waals surface area contributed by atoms with Crippen LogP contribution >= 0.6 is 0 Å². The van der Waals surface area contributed by atoms with Crippen LogP contribution in [0.15, 0.2) is 42.5 Å². The van der Waals surface area contributed by atoms with Gasteiger partial charge in [-0.15, -0.1) is 0 Å². The predicted molar refractivity (Wildman–Crippen MR) is 100 cm³/mol. The molecule has 2 rings (SSSR count). The smallest absolute Gasteiger partial charge is 0.261 e. The standard InChI is InChI=1S/C21H27NO3/c1-6-24-19-11-9-18(10-12-19)16(4)22-21(23)17(5)25-20-13-14(2)7-8-15(20)3/h7-13,16-17H,6H2,1-5H3,(H,22,23). The monoisotopic (exact) mass is 341 g/mol. The summed E-state index contributed by atoms with van der Waals surface area (Å²) in [5.74, 6) is 1.44. The summed E-state index contributed by atoms with van der Waals surface area (Å²) in [4.78, 5) is 12.4. The van der Waals surface area contributed by atoms with E-state index in [0.29, 0.717) is 6.61 Å². The first-order valence-electron chi connectivity index (χ1n) is 8.67. The molecule has 0 heterocycles. The van der Waals surface area contributed by atoms with Crippen molar-refractivity contribution in [3.8, 4) is 11.5 Å². The lowest BCUT2D eigenvalue weighted by molar-refractivity contribution is -0.127. The van der Waals surface area contributed by atoms with Crippen molar-refractivity contribution in [2.24, 2.45) is 0 Å². The highest BCUT2D eigenvalue weighted by Gasteiger charge is 2.18. The van der Waals surface area contributed by atoms with Crippen LogP contribution in [0.3, 0.4) is 0 Å². The molecule has 1 N–H and O–H groups in total. The minimum absolute atomic E-state index is 0.104. The van der Waals surface area contributed by atoms with Crippen molar-refractivity contribution in [1.82, 2.24) is 5.32 Å². The summed E-state index contributed by atoms with van der Waals surface area (Å²) < 4.78 is 11.3. The molecule has 2 aromatic carbocycles. The minimum atomic E-state index is -0.564. The summed E-state index contributed by atoms with van der Waals surface area (Å²) in [7, 11) is 0. The zero-order chi connectivity index (χ0) is 18.4. The maximum atomic E-state index is 12.4. The van der Waals surface area contributed by atoms with E-state index in [1.807, 2.05) is 70.2 Å². The van der Waals surface area contributed by atoms with Crippen LogP contribution in [0.5, 0.6) is 11.5 Å². The summed E-state index contributed by atoms with van der Waals surface area (Å²) >= 11 is 0. The molecular weight excluding hydrogens is 314 g/mol. The molecular formula is C21H27NO3. The highest BCUT2D eigenvalue weighted by atomic mass is 16.5. The third-order valence-corrected chi connectivity index (χ3v) is 4.07. The zero-order valence-corrected chi connectivity index (χ0v) is 15.6. The van der Waals surface area contributed by atoms with Gasteiger partial charge in [-0.05, 0) is 69.5 Å². The Morgan fingerprint density at radius 3 is 2.40 bits per heavy atom. The maximum Gasteiger partial charge on any atom is 0.261 e. The van der Waals surface area contributed by atoms with Crippen molar-refractivity contribution in [2.75, 3.05) is 6.61 Å². The molecule has 4 heteroatoms. The van der Waals surface area contributed by atoms with Gasteiger partial charge in [-0.3, -0.25) is 4.79 Å². The van der Waals surface area contributed by atoms with Crippen LogP contribution in [0.4, 0.5) is 0 Å². The molecule has 2 atom stereocenters. The predicted octanol–water partition coefficient (Wildman–Crippen LogP) is 4.35. The topological polar surface area (TPSA) is 47.6 Å². The molecule has 0 aliphatic carbocycles. The van der Waals surface area contributed by atoms with E-state index < -0.39 is 6.10 Å². The molecule has 0 spiro atoms. The van der Waals surface area contributed by atoms with Crippen molar-refractivity contribution in [3.05, 3.63) is 59.2 Å². The molecule has 0 radical (unpaired) electrons. The Hall–Kier alpha value is -2.49. The summed E-state index contributed by atoms with van der Waals surface area (Å²) in [6, 6.07) is 13.6. The van der Waals surface area contributed by atoms with Crippen LogP contribution in [0, 0.1) is 13.8 Å². The van der Waals surface area contributed by atoms with Crippen molar-refractivity contribution < 1.29 is 14.3 Å². The SMILES string of the molecule is CCOc1ccc(C(C)NC(=O)C(C)Oc2cc(C)ccc2C)cc1. The van der Waals surface area contributed by atoms with Crippen molar-refractivity contribution >= 4 is 5.91 Å². The van der Waals surface area contributed by atoms with Crippen LogP contribution in [0.2, 0.25) is 0 Å². The van der Waals surface area contributed by atoms with E-state index in [0.717, 1.165) is 28.2 Å². The zero-order valence-electron chi connectivity index (χ0n) is 15.6. The molecule has 25 heavy (non-hydrogen) atoms. The van der Waals surface area contributed by atoms with E-state index in [1.54, 1.807) is 6.92 Å². The van der Waals surface area contributed by atoms with Gasteiger partial charge in [0, 0.05) is 0 Å².